The lowest BCUT2D eigenvalue weighted by Crippen LogP contribution is -2.51. The fourth-order valence-corrected chi connectivity index (χ4v) is 6.12. The number of likely N-dealkylation sites (N-methyl/N-ethyl adjacent to an activating group) is 1. The summed E-state index contributed by atoms with van der Waals surface area (Å²) in [5, 5.41) is 14.3. The van der Waals surface area contributed by atoms with Crippen LogP contribution >= 0.6 is 0 Å². The van der Waals surface area contributed by atoms with Crippen LogP contribution in [0.3, 0.4) is 0 Å². The first kappa shape index (κ1) is 34.8. The van der Waals surface area contributed by atoms with Crippen LogP contribution in [0.15, 0.2) is 72.8 Å². The van der Waals surface area contributed by atoms with E-state index in [4.69, 9.17) is 15.1 Å². The number of aromatic nitrogens is 2. The van der Waals surface area contributed by atoms with Gasteiger partial charge in [0, 0.05) is 50.5 Å². The number of hydrogen-bond acceptors (Lipinski definition) is 8. The second-order valence-corrected chi connectivity index (χ2v) is 12.5. The lowest BCUT2D eigenvalue weighted by molar-refractivity contribution is -0.148. The first-order valence-electron chi connectivity index (χ1n) is 16.4. The van der Waals surface area contributed by atoms with E-state index in [1.54, 1.807) is 50.4 Å². The Kier molecular flexibility index (Phi) is 10.8. The van der Waals surface area contributed by atoms with Crippen molar-refractivity contribution in [2.75, 3.05) is 38.6 Å². The Labute approximate surface area is 285 Å². The fourth-order valence-electron chi connectivity index (χ4n) is 6.12. The molecule has 3 N–H and O–H groups in total. The number of anilines is 1. The minimum Gasteiger partial charge on any atom is -0.466 e. The molecule has 0 bridgehead atoms. The average Bonchev–Trinajstić information content (AvgIpc) is 3.75. The molecule has 1 aliphatic heterocycles. The molecule has 1 aromatic heterocycles. The largest absolute Gasteiger partial charge is 0.466 e. The molecule has 4 aromatic rings. The number of fused-ring (bicyclic) bond motifs is 1. The minimum absolute atomic E-state index is 0.0105. The number of imidazole rings is 1. The van der Waals surface area contributed by atoms with Crippen LogP contribution in [0.5, 0.6) is 0 Å². The van der Waals surface area contributed by atoms with Crippen LogP contribution in [-0.2, 0) is 38.1 Å². The van der Waals surface area contributed by atoms with E-state index < -0.39 is 17.3 Å². The third kappa shape index (κ3) is 7.97. The van der Waals surface area contributed by atoms with Crippen molar-refractivity contribution in [2.45, 2.75) is 45.1 Å². The number of carbonyl (C=O) groups excluding carboxylic acids is 4. The molecule has 1 aliphatic rings. The van der Waals surface area contributed by atoms with E-state index in [1.165, 1.54) is 4.90 Å². The van der Waals surface area contributed by atoms with E-state index >= 15 is 0 Å². The Morgan fingerprint density at radius 1 is 0.980 bits per heavy atom. The van der Waals surface area contributed by atoms with E-state index in [0.29, 0.717) is 30.8 Å². The topological polar surface area (TPSA) is 150 Å². The number of amides is 3. The number of aryl methyl sites for hydroxylation is 1. The molecule has 1 saturated heterocycles. The van der Waals surface area contributed by atoms with Crippen LogP contribution < -0.4 is 10.6 Å². The number of esters is 1. The molecule has 0 aliphatic carbocycles. The smallest absolute Gasteiger partial charge is 0.315 e. The summed E-state index contributed by atoms with van der Waals surface area (Å²) in [6.45, 7) is 5.58. The summed E-state index contributed by atoms with van der Waals surface area (Å²) in [5.41, 5.74) is 3.16. The van der Waals surface area contributed by atoms with Crippen molar-refractivity contribution in [3.8, 4) is 0 Å². The minimum atomic E-state index is -1.07. The first-order chi connectivity index (χ1) is 23.5. The molecule has 1 unspecified atom stereocenters. The number of rotatable bonds is 12. The van der Waals surface area contributed by atoms with Crippen molar-refractivity contribution in [1.82, 2.24) is 24.7 Å². The number of likely N-dealkylation sites (tertiary alicyclic amines) is 1. The Bertz CT molecular complexity index is 1850. The van der Waals surface area contributed by atoms with Gasteiger partial charge < -0.3 is 29.7 Å². The van der Waals surface area contributed by atoms with Crippen molar-refractivity contribution < 1.29 is 23.9 Å². The van der Waals surface area contributed by atoms with Crippen molar-refractivity contribution >= 4 is 46.2 Å². The van der Waals surface area contributed by atoms with Gasteiger partial charge in [-0.3, -0.25) is 24.6 Å². The van der Waals surface area contributed by atoms with E-state index in [0.717, 1.165) is 41.0 Å². The quantitative estimate of drug-likeness (QED) is 0.0887. The monoisotopic (exact) mass is 665 g/mol. The zero-order chi connectivity index (χ0) is 35.1. The van der Waals surface area contributed by atoms with Crippen molar-refractivity contribution in [2.24, 2.45) is 7.05 Å². The summed E-state index contributed by atoms with van der Waals surface area (Å²) in [5.74, 6) is -0.620. The van der Waals surface area contributed by atoms with Gasteiger partial charge in [0.1, 0.15) is 18.1 Å². The van der Waals surface area contributed by atoms with E-state index in [9.17, 15) is 19.2 Å². The van der Waals surface area contributed by atoms with Crippen molar-refractivity contribution in [1.29, 1.82) is 5.41 Å². The SMILES string of the molecule is CCOC(=O)CC(=O)N(C)CC(C)(C(=O)N1CCCC1)c1ccc2c(c1)nc(CNc1ccc(C(=N)NC(=O)c3ccccc3)cc1)n2C. The van der Waals surface area contributed by atoms with Gasteiger partial charge in [0.15, 0.2) is 0 Å². The van der Waals surface area contributed by atoms with Gasteiger partial charge >= 0.3 is 5.97 Å². The Balaban J connectivity index is 1.30. The van der Waals surface area contributed by atoms with Crippen molar-refractivity contribution in [3.63, 3.8) is 0 Å². The van der Waals surface area contributed by atoms with Crippen LogP contribution in [0.1, 0.15) is 60.4 Å². The number of amidine groups is 1. The lowest BCUT2D eigenvalue weighted by Gasteiger charge is -2.36. The summed E-state index contributed by atoms with van der Waals surface area (Å²) >= 11 is 0. The molecule has 3 amide bonds. The molecule has 2 heterocycles. The van der Waals surface area contributed by atoms with Gasteiger partial charge in [0.25, 0.3) is 5.91 Å². The molecule has 5 rings (SSSR count). The third-order valence-electron chi connectivity index (χ3n) is 8.95. The maximum absolute atomic E-state index is 14.0. The number of carbonyl (C=O) groups is 4. The molecule has 1 atom stereocenters. The highest BCUT2D eigenvalue weighted by molar-refractivity contribution is 6.11. The van der Waals surface area contributed by atoms with Gasteiger partial charge in [-0.1, -0.05) is 24.3 Å². The summed E-state index contributed by atoms with van der Waals surface area (Å²) in [6.07, 6.45) is 1.49. The molecule has 0 spiro atoms. The predicted octanol–water partition coefficient (Wildman–Crippen LogP) is 4.23. The maximum atomic E-state index is 14.0. The van der Waals surface area contributed by atoms with Gasteiger partial charge in [0.05, 0.1) is 29.6 Å². The standard InChI is InChI=1S/C37H43N7O5/c1-5-49-33(46)22-32(45)42(3)24-37(2,36(48)44-19-9-10-20-44)27-15-18-30-29(21-27)40-31(43(30)4)23-39-28-16-13-25(14-17-28)34(38)41-35(47)26-11-7-6-8-12-26/h6-8,11-18,21,39H,5,9-10,19-20,22-24H2,1-4H3,(H2,38,41,47). The second kappa shape index (κ2) is 15.1. The molecule has 49 heavy (non-hydrogen) atoms. The van der Waals surface area contributed by atoms with Crippen LogP contribution in [-0.4, -0.2) is 82.2 Å². The zero-order valence-corrected chi connectivity index (χ0v) is 28.4. The predicted molar refractivity (Wildman–Crippen MR) is 187 cm³/mol. The fraction of sp³-hybridized carbons (Fsp3) is 0.351. The third-order valence-corrected chi connectivity index (χ3v) is 8.95. The molecule has 12 heteroatoms. The van der Waals surface area contributed by atoms with E-state index in [-0.39, 0.29) is 37.2 Å². The van der Waals surface area contributed by atoms with Gasteiger partial charge in [-0.15, -0.1) is 0 Å². The normalized spacial score (nSPS) is 13.8. The Morgan fingerprint density at radius 3 is 2.35 bits per heavy atom. The summed E-state index contributed by atoms with van der Waals surface area (Å²) in [4.78, 5) is 59.6. The van der Waals surface area contributed by atoms with Crippen LogP contribution in [0.25, 0.3) is 11.0 Å². The molecule has 1 fully saturated rings. The number of benzene rings is 3. The lowest BCUT2D eigenvalue weighted by atomic mass is 9.80. The van der Waals surface area contributed by atoms with Gasteiger partial charge in [0.2, 0.25) is 11.8 Å². The molecule has 0 radical (unpaired) electrons. The molecular weight excluding hydrogens is 622 g/mol. The second-order valence-electron chi connectivity index (χ2n) is 12.5. The highest BCUT2D eigenvalue weighted by atomic mass is 16.5. The highest BCUT2D eigenvalue weighted by Crippen LogP contribution is 2.32. The molecule has 0 saturated carbocycles. The Hall–Kier alpha value is -5.52. The first-order valence-corrected chi connectivity index (χ1v) is 16.4. The van der Waals surface area contributed by atoms with Gasteiger partial charge in [-0.05, 0) is 80.8 Å². The highest BCUT2D eigenvalue weighted by Gasteiger charge is 2.41. The van der Waals surface area contributed by atoms with E-state index in [2.05, 4.69) is 10.6 Å². The molecule has 3 aromatic carbocycles. The Morgan fingerprint density at radius 2 is 1.67 bits per heavy atom. The zero-order valence-electron chi connectivity index (χ0n) is 28.4. The summed E-state index contributed by atoms with van der Waals surface area (Å²) in [7, 11) is 3.54. The molecule has 256 valence electrons. The number of nitrogens with one attached hydrogen (secondary N) is 3. The van der Waals surface area contributed by atoms with Crippen LogP contribution in [0.4, 0.5) is 5.69 Å². The summed E-state index contributed by atoms with van der Waals surface area (Å²) in [6, 6.07) is 21.8. The number of hydrogen-bond donors (Lipinski definition) is 3. The maximum Gasteiger partial charge on any atom is 0.315 e. The summed E-state index contributed by atoms with van der Waals surface area (Å²) < 4.78 is 6.95. The number of ether oxygens (including phenoxy) is 1. The van der Waals surface area contributed by atoms with Crippen LogP contribution in [0, 0.1) is 5.41 Å². The van der Waals surface area contributed by atoms with Gasteiger partial charge in [-0.2, -0.15) is 0 Å². The number of nitrogens with zero attached hydrogens (tertiary/aromatic N) is 4. The van der Waals surface area contributed by atoms with E-state index in [1.807, 2.05) is 59.8 Å². The average molecular weight is 666 g/mol. The molecular formula is C37H43N7O5. The van der Waals surface area contributed by atoms with Crippen LogP contribution in [0.2, 0.25) is 0 Å². The van der Waals surface area contributed by atoms with Gasteiger partial charge in [-0.25, -0.2) is 4.98 Å². The van der Waals surface area contributed by atoms with Crippen molar-refractivity contribution in [3.05, 3.63) is 95.3 Å². The molecule has 12 nitrogen and oxygen atoms in total.